The molecule has 0 amide bonds. The standard InChI is InChI=1S/C20H19ClN2OS/c21-15-8-9-17-18(7-4-10-24-19(17)11-15)22-12-16-13-23-20(25-16)14-5-2-1-3-6-14/h1-3,5-6,8-9,11,13,18,22H,4,7,10,12H2. The number of aromatic nitrogens is 1. The number of rotatable bonds is 4. The molecule has 25 heavy (non-hydrogen) atoms. The van der Waals surface area contributed by atoms with E-state index in [9.17, 15) is 0 Å². The van der Waals surface area contributed by atoms with Gasteiger partial charge in [-0.15, -0.1) is 11.3 Å². The van der Waals surface area contributed by atoms with Crippen LogP contribution in [0.15, 0.2) is 54.7 Å². The van der Waals surface area contributed by atoms with Gasteiger partial charge in [0.2, 0.25) is 0 Å². The fourth-order valence-electron chi connectivity index (χ4n) is 3.09. The highest BCUT2D eigenvalue weighted by Crippen LogP contribution is 2.34. The monoisotopic (exact) mass is 370 g/mol. The van der Waals surface area contributed by atoms with Crippen LogP contribution in [0.25, 0.3) is 10.6 Å². The summed E-state index contributed by atoms with van der Waals surface area (Å²) in [4.78, 5) is 5.80. The van der Waals surface area contributed by atoms with Crippen molar-refractivity contribution in [2.75, 3.05) is 6.61 Å². The predicted octanol–water partition coefficient (Wildman–Crippen LogP) is 5.47. The highest BCUT2D eigenvalue weighted by Gasteiger charge is 2.20. The van der Waals surface area contributed by atoms with Gasteiger partial charge in [0.25, 0.3) is 0 Å². The first-order valence-electron chi connectivity index (χ1n) is 8.45. The van der Waals surface area contributed by atoms with Gasteiger partial charge in [0, 0.05) is 39.8 Å². The van der Waals surface area contributed by atoms with Crippen molar-refractivity contribution in [2.24, 2.45) is 0 Å². The summed E-state index contributed by atoms with van der Waals surface area (Å²) in [5, 5.41) is 5.45. The van der Waals surface area contributed by atoms with Crippen molar-refractivity contribution in [1.29, 1.82) is 0 Å². The number of nitrogens with zero attached hydrogens (tertiary/aromatic N) is 1. The van der Waals surface area contributed by atoms with E-state index in [0.29, 0.717) is 5.02 Å². The fourth-order valence-corrected chi connectivity index (χ4v) is 4.12. The molecule has 1 aliphatic heterocycles. The molecule has 0 fully saturated rings. The van der Waals surface area contributed by atoms with Crippen molar-refractivity contribution in [1.82, 2.24) is 10.3 Å². The molecule has 0 bridgehead atoms. The quantitative estimate of drug-likeness (QED) is 0.661. The minimum atomic E-state index is 0.275. The summed E-state index contributed by atoms with van der Waals surface area (Å²) in [6.45, 7) is 1.54. The Morgan fingerprint density at radius 2 is 2.08 bits per heavy atom. The van der Waals surface area contributed by atoms with Gasteiger partial charge in [0.15, 0.2) is 0 Å². The van der Waals surface area contributed by atoms with Crippen LogP contribution in [0.1, 0.15) is 29.3 Å². The van der Waals surface area contributed by atoms with Crippen LogP contribution in [0.5, 0.6) is 5.75 Å². The Morgan fingerprint density at radius 3 is 2.96 bits per heavy atom. The summed E-state index contributed by atoms with van der Waals surface area (Å²) in [5.41, 5.74) is 2.36. The summed E-state index contributed by atoms with van der Waals surface area (Å²) in [6, 6.07) is 16.5. The van der Waals surface area contributed by atoms with Crippen LogP contribution >= 0.6 is 22.9 Å². The second-order valence-corrected chi connectivity index (χ2v) is 7.66. The molecule has 4 rings (SSSR count). The van der Waals surface area contributed by atoms with Crippen LogP contribution in [0, 0.1) is 0 Å². The van der Waals surface area contributed by atoms with Crippen LogP contribution in [0.3, 0.4) is 0 Å². The van der Waals surface area contributed by atoms with Crippen molar-refractivity contribution in [3.8, 4) is 16.3 Å². The number of hydrogen-bond acceptors (Lipinski definition) is 4. The molecule has 0 saturated carbocycles. The highest BCUT2D eigenvalue weighted by molar-refractivity contribution is 7.15. The van der Waals surface area contributed by atoms with E-state index in [0.717, 1.165) is 36.8 Å². The average Bonchev–Trinajstić information content (AvgIpc) is 3.02. The smallest absolute Gasteiger partial charge is 0.125 e. The van der Waals surface area contributed by atoms with Crippen molar-refractivity contribution < 1.29 is 4.74 Å². The third-order valence-electron chi connectivity index (χ3n) is 4.34. The summed E-state index contributed by atoms with van der Waals surface area (Å²) in [5.74, 6) is 0.900. The van der Waals surface area contributed by atoms with Gasteiger partial charge < -0.3 is 10.1 Å². The minimum Gasteiger partial charge on any atom is -0.493 e. The first-order chi connectivity index (χ1) is 12.3. The van der Waals surface area contributed by atoms with Gasteiger partial charge in [-0.3, -0.25) is 0 Å². The lowest BCUT2D eigenvalue weighted by Gasteiger charge is -2.18. The number of nitrogens with one attached hydrogen (secondary N) is 1. The zero-order valence-corrected chi connectivity index (χ0v) is 15.3. The molecule has 5 heteroatoms. The first-order valence-corrected chi connectivity index (χ1v) is 9.65. The molecule has 1 aliphatic rings. The van der Waals surface area contributed by atoms with E-state index >= 15 is 0 Å². The van der Waals surface area contributed by atoms with Gasteiger partial charge in [-0.25, -0.2) is 4.98 Å². The first kappa shape index (κ1) is 16.6. The van der Waals surface area contributed by atoms with Gasteiger partial charge in [0.1, 0.15) is 10.8 Å². The average molecular weight is 371 g/mol. The van der Waals surface area contributed by atoms with E-state index in [1.807, 2.05) is 36.5 Å². The second-order valence-electron chi connectivity index (χ2n) is 6.10. The summed E-state index contributed by atoms with van der Waals surface area (Å²) < 4.78 is 5.84. The molecule has 2 aromatic carbocycles. The van der Waals surface area contributed by atoms with Crippen molar-refractivity contribution >= 4 is 22.9 Å². The largest absolute Gasteiger partial charge is 0.493 e. The molecule has 1 unspecified atom stereocenters. The van der Waals surface area contributed by atoms with E-state index in [4.69, 9.17) is 16.3 Å². The summed E-state index contributed by atoms with van der Waals surface area (Å²) in [7, 11) is 0. The third kappa shape index (κ3) is 3.87. The van der Waals surface area contributed by atoms with Crippen LogP contribution in [-0.4, -0.2) is 11.6 Å². The Bertz CT molecular complexity index is 850. The second kappa shape index (κ2) is 7.56. The molecule has 128 valence electrons. The number of benzene rings is 2. The lowest BCUT2D eigenvalue weighted by molar-refractivity contribution is 0.315. The zero-order chi connectivity index (χ0) is 17.1. The number of halogens is 1. The predicted molar refractivity (Wildman–Crippen MR) is 103 cm³/mol. The van der Waals surface area contributed by atoms with Gasteiger partial charge >= 0.3 is 0 Å². The molecular formula is C20H19ClN2OS. The van der Waals surface area contributed by atoms with E-state index in [2.05, 4.69) is 28.5 Å². The van der Waals surface area contributed by atoms with Crippen LogP contribution in [-0.2, 0) is 6.54 Å². The van der Waals surface area contributed by atoms with Crippen molar-refractivity contribution in [2.45, 2.75) is 25.4 Å². The van der Waals surface area contributed by atoms with Gasteiger partial charge in [-0.1, -0.05) is 48.0 Å². The lowest BCUT2D eigenvalue weighted by atomic mass is 10.0. The van der Waals surface area contributed by atoms with E-state index < -0.39 is 0 Å². The molecule has 1 aromatic heterocycles. The number of thiazole rings is 1. The maximum atomic E-state index is 6.10. The van der Waals surface area contributed by atoms with Crippen molar-refractivity contribution in [3.05, 3.63) is 70.2 Å². The molecule has 1 N–H and O–H groups in total. The highest BCUT2D eigenvalue weighted by atomic mass is 35.5. The fraction of sp³-hybridized carbons (Fsp3) is 0.250. The van der Waals surface area contributed by atoms with Gasteiger partial charge in [-0.05, 0) is 25.0 Å². The number of hydrogen-bond donors (Lipinski definition) is 1. The summed E-state index contributed by atoms with van der Waals surface area (Å²) >= 11 is 7.84. The molecule has 0 saturated heterocycles. The normalized spacial score (nSPS) is 16.8. The topological polar surface area (TPSA) is 34.1 Å². The Morgan fingerprint density at radius 1 is 1.20 bits per heavy atom. The minimum absolute atomic E-state index is 0.275. The molecule has 0 aliphatic carbocycles. The maximum Gasteiger partial charge on any atom is 0.125 e. The van der Waals surface area contributed by atoms with E-state index in [-0.39, 0.29) is 6.04 Å². The number of fused-ring (bicyclic) bond motifs is 1. The number of ether oxygens (including phenoxy) is 1. The van der Waals surface area contributed by atoms with Crippen molar-refractivity contribution in [3.63, 3.8) is 0 Å². The van der Waals surface area contributed by atoms with E-state index in [1.54, 1.807) is 11.3 Å². The maximum absolute atomic E-state index is 6.10. The molecule has 0 spiro atoms. The Balaban J connectivity index is 1.48. The molecule has 3 nitrogen and oxygen atoms in total. The third-order valence-corrected chi connectivity index (χ3v) is 5.62. The SMILES string of the molecule is Clc1ccc2c(c1)OCCCC2NCc1cnc(-c2ccccc2)s1. The molecule has 0 radical (unpaired) electrons. The molecular weight excluding hydrogens is 352 g/mol. The van der Waals surface area contributed by atoms with Crippen LogP contribution in [0.2, 0.25) is 5.02 Å². The Hall–Kier alpha value is -1.88. The summed E-state index contributed by atoms with van der Waals surface area (Å²) in [6.07, 6.45) is 4.05. The van der Waals surface area contributed by atoms with Crippen LogP contribution < -0.4 is 10.1 Å². The van der Waals surface area contributed by atoms with Gasteiger partial charge in [-0.2, -0.15) is 0 Å². The Labute approximate surface area is 156 Å². The zero-order valence-electron chi connectivity index (χ0n) is 13.7. The van der Waals surface area contributed by atoms with E-state index in [1.165, 1.54) is 16.0 Å². The van der Waals surface area contributed by atoms with Crippen LogP contribution in [0.4, 0.5) is 0 Å². The molecule has 1 atom stereocenters. The molecule has 2 heterocycles. The molecule has 3 aromatic rings. The van der Waals surface area contributed by atoms with Gasteiger partial charge in [0.05, 0.1) is 6.61 Å². The lowest BCUT2D eigenvalue weighted by Crippen LogP contribution is -2.20. The Kier molecular flexibility index (Phi) is 5.02.